The first-order valence-electron chi connectivity index (χ1n) is 10.4. The number of halogens is 1. The van der Waals surface area contributed by atoms with Crippen molar-refractivity contribution in [3.05, 3.63) is 83.1 Å². The fourth-order valence-electron chi connectivity index (χ4n) is 5.14. The molecule has 0 aliphatic rings. The number of hydrogen-bond acceptors (Lipinski definition) is 0. The molecule has 0 aliphatic heterocycles. The number of pyridine rings is 2. The zero-order valence-electron chi connectivity index (χ0n) is 17.9. The fourth-order valence-corrected chi connectivity index (χ4v) is 5.14. The first-order chi connectivity index (χ1) is 14.8. The molecule has 150 valence electrons. The van der Waals surface area contributed by atoms with Crippen LogP contribution in [0.4, 0.5) is 4.39 Å². The molecule has 0 bridgehead atoms. The maximum atomic E-state index is 15.1. The van der Waals surface area contributed by atoms with Crippen LogP contribution in [0.3, 0.4) is 0 Å². The van der Waals surface area contributed by atoms with Crippen LogP contribution in [-0.2, 0) is 12.6 Å². The Morgan fingerprint density at radius 1 is 1.00 bits per heavy atom. The van der Waals surface area contributed by atoms with Gasteiger partial charge < -0.3 is 9.25 Å². The lowest BCUT2D eigenvalue weighted by molar-refractivity contribution is -0.643. The van der Waals surface area contributed by atoms with E-state index in [1.807, 2.05) is 26.0 Å². The van der Waals surface area contributed by atoms with Crippen molar-refractivity contribution >= 4 is 49.0 Å². The molecule has 0 amide bonds. The van der Waals surface area contributed by atoms with Crippen LogP contribution in [-0.4, -0.2) is 4.40 Å². The molecule has 3 heterocycles. The van der Waals surface area contributed by atoms with Crippen molar-refractivity contribution in [2.45, 2.75) is 26.3 Å². The highest BCUT2D eigenvalue weighted by Gasteiger charge is 2.30. The minimum atomic E-state index is -0.650. The van der Waals surface area contributed by atoms with E-state index in [0.717, 1.165) is 54.7 Å². The Balaban J connectivity index is 2.06. The number of nitrogens with zero attached hydrogens (tertiary/aromatic N) is 3. The summed E-state index contributed by atoms with van der Waals surface area (Å²) < 4.78 is 19.4. The molecular formula is C27H21FN3+. The molecule has 0 spiro atoms. The van der Waals surface area contributed by atoms with Crippen molar-refractivity contribution in [1.82, 2.24) is 4.40 Å². The lowest BCUT2D eigenvalue weighted by atomic mass is 9.91. The van der Waals surface area contributed by atoms with Crippen molar-refractivity contribution in [3.63, 3.8) is 0 Å². The average molecular weight is 406 g/mol. The van der Waals surface area contributed by atoms with Gasteiger partial charge >= 0.3 is 0 Å². The van der Waals surface area contributed by atoms with E-state index < -0.39 is 5.54 Å². The monoisotopic (exact) mass is 406 g/mol. The van der Waals surface area contributed by atoms with Gasteiger partial charge in [0.2, 0.25) is 5.52 Å². The Morgan fingerprint density at radius 3 is 2.58 bits per heavy atom. The van der Waals surface area contributed by atoms with E-state index in [9.17, 15) is 0 Å². The highest BCUT2D eigenvalue weighted by Crippen LogP contribution is 2.42. The second-order valence-corrected chi connectivity index (χ2v) is 9.03. The summed E-state index contributed by atoms with van der Waals surface area (Å²) in [4.78, 5) is 3.88. The predicted molar refractivity (Wildman–Crippen MR) is 124 cm³/mol. The van der Waals surface area contributed by atoms with Gasteiger partial charge in [-0.3, -0.25) is 0 Å². The summed E-state index contributed by atoms with van der Waals surface area (Å²) in [5, 5.41) is 4.95. The molecule has 3 aromatic heterocycles. The number of aromatic nitrogens is 2. The first-order valence-corrected chi connectivity index (χ1v) is 10.4. The number of aryl methyl sites for hydroxylation is 2. The van der Waals surface area contributed by atoms with Crippen molar-refractivity contribution in [1.29, 1.82) is 0 Å². The third-order valence-electron chi connectivity index (χ3n) is 6.79. The molecule has 6 aromatic rings. The topological polar surface area (TPSA) is 12.7 Å². The molecule has 3 aromatic carbocycles. The van der Waals surface area contributed by atoms with Gasteiger partial charge in [0.1, 0.15) is 12.9 Å². The molecule has 0 unspecified atom stereocenters. The fraction of sp³-hybridized carbons (Fsp3) is 0.185. The Bertz CT molecular complexity index is 1750. The Hall–Kier alpha value is -3.71. The van der Waals surface area contributed by atoms with Crippen LogP contribution in [0.5, 0.6) is 0 Å². The molecule has 4 heteroatoms. The van der Waals surface area contributed by atoms with E-state index in [1.165, 1.54) is 6.07 Å². The number of benzene rings is 3. The summed E-state index contributed by atoms with van der Waals surface area (Å²) in [6.07, 6.45) is 2.08. The number of hydrogen-bond donors (Lipinski definition) is 0. The van der Waals surface area contributed by atoms with E-state index in [0.29, 0.717) is 5.39 Å². The van der Waals surface area contributed by atoms with Gasteiger partial charge in [-0.25, -0.2) is 15.5 Å². The zero-order valence-corrected chi connectivity index (χ0v) is 17.9. The Morgan fingerprint density at radius 2 is 1.81 bits per heavy atom. The van der Waals surface area contributed by atoms with Gasteiger partial charge in [-0.2, -0.15) is 0 Å². The third-order valence-corrected chi connectivity index (χ3v) is 6.79. The highest BCUT2D eigenvalue weighted by atomic mass is 19.1. The lowest BCUT2D eigenvalue weighted by Gasteiger charge is -2.17. The minimum Gasteiger partial charge on any atom is -0.307 e. The average Bonchev–Trinajstić information content (AvgIpc) is 3.10. The second-order valence-electron chi connectivity index (χ2n) is 9.03. The molecule has 31 heavy (non-hydrogen) atoms. The molecule has 0 saturated carbocycles. The van der Waals surface area contributed by atoms with Crippen LogP contribution in [0.15, 0.2) is 54.7 Å². The standard InChI is InChI=1S/C27H21FN3/c1-15-9-10-18-24-19(28)7-6-8-20(24)31-21-14-17(27(2,3)29-4)13-16-11-12-30(5)26(23(16)21)22(15)25(18)31/h6-14H,1-3,5H3/q+1. The number of fused-ring (bicyclic) bond motifs is 5. The quantitative estimate of drug-likeness (QED) is 0.129. The van der Waals surface area contributed by atoms with Crippen LogP contribution in [0.25, 0.3) is 53.8 Å². The van der Waals surface area contributed by atoms with Crippen molar-refractivity contribution in [3.8, 4) is 0 Å². The summed E-state index contributed by atoms with van der Waals surface area (Å²) in [6, 6.07) is 15.8. The molecular weight excluding hydrogens is 385 g/mol. The van der Waals surface area contributed by atoms with Crippen LogP contribution < -0.4 is 4.57 Å². The zero-order chi connectivity index (χ0) is 21.7. The third kappa shape index (κ3) is 2.13. The van der Waals surface area contributed by atoms with E-state index in [4.69, 9.17) is 6.57 Å². The van der Waals surface area contributed by atoms with E-state index in [-0.39, 0.29) is 5.82 Å². The molecule has 6 rings (SSSR count). The molecule has 0 saturated heterocycles. The normalized spacial score (nSPS) is 12.6. The van der Waals surface area contributed by atoms with Gasteiger partial charge in [-0.1, -0.05) is 18.2 Å². The van der Waals surface area contributed by atoms with Crippen molar-refractivity contribution < 1.29 is 8.96 Å². The summed E-state index contributed by atoms with van der Waals surface area (Å²) in [6.45, 7) is 13.7. The minimum absolute atomic E-state index is 0.208. The van der Waals surface area contributed by atoms with Gasteiger partial charge in [0.15, 0.2) is 6.20 Å². The molecule has 0 atom stereocenters. The van der Waals surface area contributed by atoms with Crippen LogP contribution >= 0.6 is 0 Å². The van der Waals surface area contributed by atoms with Gasteiger partial charge in [0.25, 0.3) is 5.54 Å². The van der Waals surface area contributed by atoms with E-state index >= 15 is 4.39 Å². The van der Waals surface area contributed by atoms with E-state index in [2.05, 4.69) is 58.2 Å². The molecule has 0 aliphatic carbocycles. The SMILES string of the molecule is [C-]#[N+]C(C)(C)c1cc2cc[n+](C)c3c4c(C)ccc5c6c(F)cccc6n(c(c1)c23)c54. The molecule has 0 radical (unpaired) electrons. The maximum absolute atomic E-state index is 15.1. The van der Waals surface area contributed by atoms with Gasteiger partial charge in [0.05, 0.1) is 27.3 Å². The molecule has 0 N–H and O–H groups in total. The second kappa shape index (κ2) is 5.70. The van der Waals surface area contributed by atoms with Crippen LogP contribution in [0.1, 0.15) is 25.0 Å². The Kier molecular flexibility index (Phi) is 3.33. The summed E-state index contributed by atoms with van der Waals surface area (Å²) in [5.41, 5.74) is 5.52. The molecule has 3 nitrogen and oxygen atoms in total. The van der Waals surface area contributed by atoms with Crippen molar-refractivity contribution in [2.24, 2.45) is 7.05 Å². The van der Waals surface area contributed by atoms with Gasteiger partial charge in [-0.15, -0.1) is 0 Å². The highest BCUT2D eigenvalue weighted by molar-refractivity contribution is 6.25. The molecule has 0 fully saturated rings. The van der Waals surface area contributed by atoms with Crippen LogP contribution in [0, 0.1) is 19.3 Å². The van der Waals surface area contributed by atoms with Gasteiger partial charge in [-0.05, 0) is 42.1 Å². The number of rotatable bonds is 1. The summed E-state index contributed by atoms with van der Waals surface area (Å²) >= 11 is 0. The van der Waals surface area contributed by atoms with Gasteiger partial charge in [0, 0.05) is 36.2 Å². The van der Waals surface area contributed by atoms with Crippen molar-refractivity contribution in [2.75, 3.05) is 0 Å². The van der Waals surface area contributed by atoms with Crippen LogP contribution in [0.2, 0.25) is 0 Å². The Labute approximate surface area is 179 Å². The first kappa shape index (κ1) is 18.1. The summed E-state index contributed by atoms with van der Waals surface area (Å²) in [5.74, 6) is -0.208. The summed E-state index contributed by atoms with van der Waals surface area (Å²) in [7, 11) is 2.06. The lowest BCUT2D eigenvalue weighted by Crippen LogP contribution is -2.29. The van der Waals surface area contributed by atoms with E-state index in [1.54, 1.807) is 6.07 Å². The predicted octanol–water partition coefficient (Wildman–Crippen LogP) is 6.42. The smallest absolute Gasteiger partial charge is 0.252 e. The largest absolute Gasteiger partial charge is 0.307 e. The maximum Gasteiger partial charge on any atom is 0.252 e.